The lowest BCUT2D eigenvalue weighted by Gasteiger charge is -2.50. The summed E-state index contributed by atoms with van der Waals surface area (Å²) in [4.78, 5) is 4.97. The Morgan fingerprint density at radius 2 is 2.14 bits per heavy atom. The van der Waals surface area contributed by atoms with E-state index in [1.54, 1.807) is 12.1 Å². The van der Waals surface area contributed by atoms with Crippen LogP contribution in [0, 0.1) is 5.82 Å². The lowest BCUT2D eigenvalue weighted by molar-refractivity contribution is -0.00315. The fourth-order valence-electron chi connectivity index (χ4n) is 3.44. The molecule has 1 aromatic carbocycles. The molecule has 5 nitrogen and oxygen atoms in total. The molecule has 2 atom stereocenters. The van der Waals surface area contributed by atoms with Gasteiger partial charge in [-0.25, -0.2) is 4.39 Å². The van der Waals surface area contributed by atoms with E-state index < -0.39 is 0 Å². The van der Waals surface area contributed by atoms with Gasteiger partial charge in [-0.2, -0.15) is 0 Å². The van der Waals surface area contributed by atoms with E-state index in [0.29, 0.717) is 12.5 Å². The van der Waals surface area contributed by atoms with Crippen molar-refractivity contribution in [1.82, 2.24) is 15.2 Å². The number of hydrogen-bond acceptors (Lipinski definition) is 5. The molecule has 0 spiro atoms. The molecule has 3 aliphatic heterocycles. The number of nitrogens with two attached hydrogens (primary N) is 1. The minimum Gasteiger partial charge on any atom is -0.494 e. The average Bonchev–Trinajstić information content (AvgIpc) is 2.54. The number of fused-ring (bicyclic) bond motifs is 3. The maximum Gasteiger partial charge on any atom is 0.165 e. The van der Waals surface area contributed by atoms with E-state index in [0.717, 1.165) is 38.3 Å². The van der Waals surface area contributed by atoms with Crippen LogP contribution in [0.25, 0.3) is 0 Å². The second kappa shape index (κ2) is 6.27. The van der Waals surface area contributed by atoms with E-state index in [4.69, 9.17) is 10.6 Å². The van der Waals surface area contributed by atoms with E-state index in [2.05, 4.69) is 15.2 Å². The Labute approximate surface area is 124 Å². The number of methoxy groups -OCH3 is 1. The zero-order valence-electron chi connectivity index (χ0n) is 12.4. The molecule has 3 N–H and O–H groups in total. The van der Waals surface area contributed by atoms with Crippen LogP contribution in [0.1, 0.15) is 5.56 Å². The van der Waals surface area contributed by atoms with Gasteiger partial charge in [0, 0.05) is 44.8 Å². The number of ether oxygens (including phenoxy) is 1. The largest absolute Gasteiger partial charge is 0.494 e. The molecule has 21 heavy (non-hydrogen) atoms. The lowest BCUT2D eigenvalue weighted by atomic mass is 9.95. The van der Waals surface area contributed by atoms with Gasteiger partial charge in [-0.15, -0.1) is 0 Å². The summed E-state index contributed by atoms with van der Waals surface area (Å²) in [6.07, 6.45) is 0.715. The van der Waals surface area contributed by atoms with Gasteiger partial charge < -0.3 is 4.74 Å². The van der Waals surface area contributed by atoms with Crippen molar-refractivity contribution in [2.45, 2.75) is 18.5 Å². The minimum absolute atomic E-state index is 0.126. The first-order chi connectivity index (χ1) is 10.2. The van der Waals surface area contributed by atoms with Gasteiger partial charge in [0.05, 0.1) is 7.11 Å². The summed E-state index contributed by atoms with van der Waals surface area (Å²) in [6, 6.07) is 5.64. The molecular weight excluding hydrogens is 271 g/mol. The van der Waals surface area contributed by atoms with Crippen LogP contribution in [0.4, 0.5) is 4.39 Å². The lowest BCUT2D eigenvalue weighted by Crippen LogP contribution is -2.67. The smallest absolute Gasteiger partial charge is 0.165 e. The van der Waals surface area contributed by atoms with Crippen molar-refractivity contribution in [1.29, 1.82) is 0 Å². The van der Waals surface area contributed by atoms with Gasteiger partial charge in [0.25, 0.3) is 0 Å². The standard InChI is InChI=1S/C15H23FN4O/c1-21-15-3-2-11(8-12(15)16)9-13(18-17)14-10-19-4-6-20(14)7-5-19/h2-3,8,13-14,18H,4-7,9-10,17H2,1H3. The highest BCUT2D eigenvalue weighted by Gasteiger charge is 2.36. The fourth-order valence-corrected chi connectivity index (χ4v) is 3.44. The fraction of sp³-hybridized carbons (Fsp3) is 0.600. The van der Waals surface area contributed by atoms with Crippen molar-refractivity contribution in [2.75, 3.05) is 39.8 Å². The number of nitrogens with zero attached hydrogens (tertiary/aromatic N) is 2. The van der Waals surface area contributed by atoms with Crippen LogP contribution < -0.4 is 16.0 Å². The monoisotopic (exact) mass is 294 g/mol. The van der Waals surface area contributed by atoms with Crippen LogP contribution in [-0.2, 0) is 6.42 Å². The molecule has 3 heterocycles. The Hall–Kier alpha value is -1.21. The molecule has 6 heteroatoms. The van der Waals surface area contributed by atoms with Gasteiger partial charge in [0.15, 0.2) is 11.6 Å². The number of halogens is 1. The Bertz CT molecular complexity index is 491. The maximum atomic E-state index is 13.8. The molecule has 2 bridgehead atoms. The second-order valence-electron chi connectivity index (χ2n) is 5.85. The molecule has 3 saturated heterocycles. The van der Waals surface area contributed by atoms with Gasteiger partial charge in [0.1, 0.15) is 0 Å². The predicted octanol–water partition coefficient (Wildman–Crippen LogP) is 0.209. The van der Waals surface area contributed by atoms with Crippen molar-refractivity contribution < 1.29 is 9.13 Å². The number of hydrogen-bond donors (Lipinski definition) is 2. The molecule has 116 valence electrons. The number of benzene rings is 1. The molecule has 0 amide bonds. The SMILES string of the molecule is COc1ccc(CC(NN)C2CN3CCN2CC3)cc1F. The van der Waals surface area contributed by atoms with Gasteiger partial charge in [-0.3, -0.25) is 21.1 Å². The van der Waals surface area contributed by atoms with Crippen LogP contribution >= 0.6 is 0 Å². The van der Waals surface area contributed by atoms with Crippen molar-refractivity contribution in [3.63, 3.8) is 0 Å². The van der Waals surface area contributed by atoms with E-state index in [9.17, 15) is 4.39 Å². The number of rotatable bonds is 5. The predicted molar refractivity (Wildman–Crippen MR) is 79.6 cm³/mol. The summed E-state index contributed by atoms with van der Waals surface area (Å²) in [5, 5.41) is 0. The number of nitrogens with one attached hydrogen (secondary N) is 1. The Morgan fingerprint density at radius 3 is 2.67 bits per heavy atom. The second-order valence-corrected chi connectivity index (χ2v) is 5.85. The molecular formula is C15H23FN4O. The molecule has 0 radical (unpaired) electrons. The molecule has 3 fully saturated rings. The van der Waals surface area contributed by atoms with Gasteiger partial charge in [0.2, 0.25) is 0 Å². The summed E-state index contributed by atoms with van der Waals surface area (Å²) in [5.74, 6) is 5.72. The Balaban J connectivity index is 1.71. The molecule has 0 saturated carbocycles. The van der Waals surface area contributed by atoms with Crippen LogP contribution in [0.2, 0.25) is 0 Å². The third kappa shape index (κ3) is 3.03. The first-order valence-electron chi connectivity index (χ1n) is 7.46. The molecule has 0 aromatic heterocycles. The van der Waals surface area contributed by atoms with Gasteiger partial charge in [-0.1, -0.05) is 6.07 Å². The number of piperazine rings is 3. The van der Waals surface area contributed by atoms with E-state index in [-0.39, 0.29) is 17.6 Å². The quantitative estimate of drug-likeness (QED) is 0.600. The summed E-state index contributed by atoms with van der Waals surface area (Å²) >= 11 is 0. The van der Waals surface area contributed by atoms with Crippen molar-refractivity contribution >= 4 is 0 Å². The van der Waals surface area contributed by atoms with E-state index in [1.807, 2.05) is 6.07 Å². The van der Waals surface area contributed by atoms with Crippen LogP contribution in [0.5, 0.6) is 5.75 Å². The van der Waals surface area contributed by atoms with Crippen molar-refractivity contribution in [3.05, 3.63) is 29.6 Å². The zero-order valence-corrected chi connectivity index (χ0v) is 12.4. The van der Waals surface area contributed by atoms with Crippen molar-refractivity contribution in [2.24, 2.45) is 5.84 Å². The normalized spacial score (nSPS) is 29.4. The number of hydrazine groups is 1. The Kier molecular flexibility index (Phi) is 4.40. The first-order valence-corrected chi connectivity index (χ1v) is 7.46. The van der Waals surface area contributed by atoms with Crippen molar-refractivity contribution in [3.8, 4) is 5.75 Å². The summed E-state index contributed by atoms with van der Waals surface area (Å²) in [5.41, 5.74) is 3.87. The topological polar surface area (TPSA) is 53.8 Å². The molecule has 4 rings (SSSR count). The van der Waals surface area contributed by atoms with Gasteiger partial charge in [-0.05, 0) is 24.1 Å². The Morgan fingerprint density at radius 1 is 1.38 bits per heavy atom. The summed E-state index contributed by atoms with van der Waals surface area (Å²) in [7, 11) is 1.48. The average molecular weight is 294 g/mol. The minimum atomic E-state index is -0.319. The third-order valence-corrected chi connectivity index (χ3v) is 4.67. The molecule has 1 aromatic rings. The summed E-state index contributed by atoms with van der Waals surface area (Å²) < 4.78 is 18.8. The molecule has 2 unspecified atom stereocenters. The summed E-state index contributed by atoms with van der Waals surface area (Å²) in [6.45, 7) is 5.52. The van der Waals surface area contributed by atoms with Crippen LogP contribution in [-0.4, -0.2) is 61.7 Å². The van der Waals surface area contributed by atoms with E-state index >= 15 is 0 Å². The highest BCUT2D eigenvalue weighted by atomic mass is 19.1. The van der Waals surface area contributed by atoms with Crippen LogP contribution in [0.3, 0.4) is 0 Å². The van der Waals surface area contributed by atoms with E-state index in [1.165, 1.54) is 7.11 Å². The maximum absolute atomic E-state index is 13.8. The molecule has 3 aliphatic rings. The van der Waals surface area contributed by atoms with Crippen LogP contribution in [0.15, 0.2) is 18.2 Å². The van der Waals surface area contributed by atoms with Gasteiger partial charge >= 0.3 is 0 Å². The molecule has 0 aliphatic carbocycles. The highest BCUT2D eigenvalue weighted by molar-refractivity contribution is 5.30. The first kappa shape index (κ1) is 14.7. The third-order valence-electron chi connectivity index (χ3n) is 4.67. The zero-order chi connectivity index (χ0) is 14.8. The highest BCUT2D eigenvalue weighted by Crippen LogP contribution is 2.22.